The lowest BCUT2D eigenvalue weighted by molar-refractivity contribution is -0.244. The first-order valence-electron chi connectivity index (χ1n) is 9.60. The fraction of sp³-hybridized carbons (Fsp3) is 0. The molecule has 0 atom stereocenters. The normalized spacial score (nSPS) is 15.2. The summed E-state index contributed by atoms with van der Waals surface area (Å²) in [5.74, 6) is -0.604. The topological polar surface area (TPSA) is 145 Å². The summed E-state index contributed by atoms with van der Waals surface area (Å²) in [6.07, 6.45) is 6.24. The summed E-state index contributed by atoms with van der Waals surface area (Å²) in [4.78, 5) is 8.58. The Morgan fingerprint density at radius 2 is 1.73 bits per heavy atom. The second-order valence-corrected chi connectivity index (χ2v) is 8.62. The van der Waals surface area contributed by atoms with Gasteiger partial charge >= 0.3 is 0 Å². The minimum Gasteiger partial charge on any atom is -0.872 e. The number of nitrogens with one attached hydrogen (secondary N) is 2. The minimum atomic E-state index is -3.79. The van der Waals surface area contributed by atoms with Crippen LogP contribution in [0.4, 0.5) is 16.0 Å². The molecule has 4 N–H and O–H groups in total. The molecular weight excluding hydrogens is 445 g/mol. The maximum Gasteiger partial charge on any atom is 0.238 e. The van der Waals surface area contributed by atoms with Crippen LogP contribution in [0.15, 0.2) is 89.5 Å². The average molecular weight is 462 g/mol. The molecule has 3 aromatic rings. The van der Waals surface area contributed by atoms with Crippen molar-refractivity contribution in [3.05, 3.63) is 102 Å². The molecule has 33 heavy (non-hydrogen) atoms. The van der Waals surface area contributed by atoms with E-state index in [2.05, 4.69) is 15.3 Å². The Morgan fingerprint density at radius 1 is 1.03 bits per heavy atom. The molecule has 0 unspecified atom stereocenters. The summed E-state index contributed by atoms with van der Waals surface area (Å²) in [5, 5.41) is 29.0. The van der Waals surface area contributed by atoms with Gasteiger partial charge in [-0.3, -0.25) is 0 Å². The summed E-state index contributed by atoms with van der Waals surface area (Å²) in [6, 6.07) is 12.6. The van der Waals surface area contributed by atoms with E-state index in [1.165, 1.54) is 60.8 Å². The van der Waals surface area contributed by atoms with Gasteiger partial charge in [-0.1, -0.05) is 24.0 Å². The Kier molecular flexibility index (Phi) is 5.86. The van der Waals surface area contributed by atoms with Crippen LogP contribution in [0.5, 0.6) is 0 Å². The van der Waals surface area contributed by atoms with Crippen LogP contribution in [0.25, 0.3) is 11.3 Å². The number of halogens is 1. The summed E-state index contributed by atoms with van der Waals surface area (Å²) < 4.78 is 36.0. The van der Waals surface area contributed by atoms with E-state index >= 15 is 0 Å². The largest absolute Gasteiger partial charge is 0.872 e. The van der Waals surface area contributed by atoms with Gasteiger partial charge in [0.05, 0.1) is 16.3 Å². The minimum absolute atomic E-state index is 0.0171. The van der Waals surface area contributed by atoms with Crippen molar-refractivity contribution in [1.29, 1.82) is 5.41 Å². The molecule has 1 aliphatic carbocycles. The van der Waals surface area contributed by atoms with Gasteiger partial charge in [0.15, 0.2) is 0 Å². The summed E-state index contributed by atoms with van der Waals surface area (Å²) in [5.41, 5.74) is 2.11. The standard InChI is InChI=1S/C23H18FN5O3S/c24-16-4-1-14(2-5-16)22(30)19-13-15(3-10-20(19)25)21-11-12-27-23(29-21)28-17-6-8-18(9-7-17)33(26,31)32/h1-13,25,30H,(H2,26,31,32)(H,27,28,29)/p-1/b22-19-,25-20?. The lowest BCUT2D eigenvalue weighted by Gasteiger charge is -2.20. The smallest absolute Gasteiger partial charge is 0.238 e. The Balaban J connectivity index is 1.63. The van der Waals surface area contributed by atoms with Crippen LogP contribution in [0.3, 0.4) is 0 Å². The molecule has 0 amide bonds. The first kappa shape index (κ1) is 22.1. The van der Waals surface area contributed by atoms with E-state index in [1.54, 1.807) is 18.2 Å². The van der Waals surface area contributed by atoms with Gasteiger partial charge in [0.25, 0.3) is 0 Å². The number of nitrogens with two attached hydrogens (primary N) is 1. The van der Waals surface area contributed by atoms with Crippen LogP contribution < -0.4 is 15.6 Å². The molecule has 0 bridgehead atoms. The van der Waals surface area contributed by atoms with Gasteiger partial charge in [0.1, 0.15) is 5.82 Å². The van der Waals surface area contributed by atoms with Gasteiger partial charge in [-0.25, -0.2) is 27.9 Å². The molecule has 4 rings (SSSR count). The van der Waals surface area contributed by atoms with Crippen LogP contribution in [-0.4, -0.2) is 24.1 Å². The van der Waals surface area contributed by atoms with Crippen LogP contribution in [0, 0.1) is 11.2 Å². The number of allylic oxidation sites excluding steroid dienone is 5. The monoisotopic (exact) mass is 462 g/mol. The molecule has 0 saturated carbocycles. The molecule has 166 valence electrons. The van der Waals surface area contributed by atoms with Crippen molar-refractivity contribution in [1.82, 2.24) is 9.97 Å². The highest BCUT2D eigenvalue weighted by atomic mass is 32.2. The van der Waals surface area contributed by atoms with Gasteiger partial charge in [-0.05, 0) is 65.8 Å². The van der Waals surface area contributed by atoms with Crippen LogP contribution in [0.2, 0.25) is 0 Å². The number of sulfonamides is 1. The summed E-state index contributed by atoms with van der Waals surface area (Å²) >= 11 is 0. The van der Waals surface area contributed by atoms with E-state index in [0.29, 0.717) is 17.0 Å². The number of hydrogen-bond acceptors (Lipinski definition) is 7. The van der Waals surface area contributed by atoms with Crippen LogP contribution in [0.1, 0.15) is 11.3 Å². The lowest BCUT2D eigenvalue weighted by Crippen LogP contribution is -2.12. The highest BCUT2D eigenvalue weighted by Crippen LogP contribution is 2.26. The number of anilines is 2. The number of primary sulfonamides is 1. The number of aromatic nitrogens is 2. The van der Waals surface area contributed by atoms with E-state index in [-0.39, 0.29) is 27.7 Å². The Labute approximate surface area is 189 Å². The molecule has 0 aliphatic heterocycles. The number of benzene rings is 2. The van der Waals surface area contributed by atoms with E-state index in [0.717, 1.165) is 0 Å². The van der Waals surface area contributed by atoms with Crippen molar-refractivity contribution in [3.8, 4) is 0 Å². The van der Waals surface area contributed by atoms with Crippen molar-refractivity contribution in [2.75, 3.05) is 5.32 Å². The maximum absolute atomic E-state index is 13.2. The second kappa shape index (κ2) is 8.77. The third-order valence-corrected chi connectivity index (χ3v) is 5.69. The van der Waals surface area contributed by atoms with Gasteiger partial charge < -0.3 is 15.8 Å². The molecule has 0 spiro atoms. The quantitative estimate of drug-likeness (QED) is 0.497. The first-order valence-corrected chi connectivity index (χ1v) is 11.1. The van der Waals surface area contributed by atoms with Gasteiger partial charge in [-0.15, -0.1) is 0 Å². The van der Waals surface area contributed by atoms with E-state index in [9.17, 15) is 17.9 Å². The first-order chi connectivity index (χ1) is 15.7. The van der Waals surface area contributed by atoms with Crippen molar-refractivity contribution in [2.24, 2.45) is 5.14 Å². The average Bonchev–Trinajstić information content (AvgIpc) is 2.79. The molecule has 0 saturated heterocycles. The second-order valence-electron chi connectivity index (χ2n) is 7.06. The fourth-order valence-corrected chi connectivity index (χ4v) is 3.60. The third-order valence-electron chi connectivity index (χ3n) is 4.76. The third kappa shape index (κ3) is 5.03. The summed E-state index contributed by atoms with van der Waals surface area (Å²) in [7, 11) is -3.79. The van der Waals surface area contributed by atoms with Crippen molar-refractivity contribution < 1.29 is 17.9 Å². The van der Waals surface area contributed by atoms with Gasteiger partial charge in [-0.2, -0.15) is 0 Å². The van der Waals surface area contributed by atoms with Gasteiger partial charge in [0, 0.05) is 17.5 Å². The van der Waals surface area contributed by atoms with Crippen molar-refractivity contribution in [3.63, 3.8) is 0 Å². The molecule has 1 aromatic heterocycles. The molecule has 0 radical (unpaired) electrons. The predicted octanol–water partition coefficient (Wildman–Crippen LogP) is 2.75. The Bertz CT molecular complexity index is 1430. The van der Waals surface area contributed by atoms with E-state index < -0.39 is 21.6 Å². The molecule has 8 nitrogen and oxygen atoms in total. The molecular formula is C23H17FN5O3S-. The molecule has 2 aromatic carbocycles. The highest BCUT2D eigenvalue weighted by Gasteiger charge is 2.13. The zero-order chi connectivity index (χ0) is 23.6. The lowest BCUT2D eigenvalue weighted by atomic mass is 9.95. The molecule has 1 heterocycles. The number of nitrogens with zero attached hydrogens (tertiary/aromatic N) is 2. The van der Waals surface area contributed by atoms with Crippen LogP contribution >= 0.6 is 0 Å². The van der Waals surface area contributed by atoms with Crippen molar-refractivity contribution >= 4 is 38.7 Å². The number of rotatable bonds is 5. The Morgan fingerprint density at radius 3 is 2.39 bits per heavy atom. The van der Waals surface area contributed by atoms with Crippen LogP contribution in [-0.2, 0) is 10.0 Å². The summed E-state index contributed by atoms with van der Waals surface area (Å²) in [6.45, 7) is 0. The fourth-order valence-electron chi connectivity index (χ4n) is 3.08. The molecule has 0 fully saturated rings. The van der Waals surface area contributed by atoms with Crippen molar-refractivity contribution in [2.45, 2.75) is 4.90 Å². The van der Waals surface area contributed by atoms with Gasteiger partial charge in [0.2, 0.25) is 16.0 Å². The van der Waals surface area contributed by atoms with E-state index in [1.807, 2.05) is 0 Å². The number of hydrogen-bond donors (Lipinski definition) is 3. The SMILES string of the molecule is N=C1C=CC(c2ccnc(Nc3ccc(S(N)(=O)=O)cc3)n2)=C/C1=C(/[O-])c1ccc(F)cc1. The highest BCUT2D eigenvalue weighted by molar-refractivity contribution is 7.89. The van der Waals surface area contributed by atoms with E-state index in [4.69, 9.17) is 10.5 Å². The molecule has 1 aliphatic rings. The predicted molar refractivity (Wildman–Crippen MR) is 121 cm³/mol. The zero-order valence-corrected chi connectivity index (χ0v) is 17.8. The Hall–Kier alpha value is -4.15. The molecule has 10 heteroatoms. The zero-order valence-electron chi connectivity index (χ0n) is 17.0. The maximum atomic E-state index is 13.2.